The summed E-state index contributed by atoms with van der Waals surface area (Å²) in [4.78, 5) is 12.1. The van der Waals surface area contributed by atoms with Crippen LogP contribution in [0.25, 0.3) is 6.08 Å². The SMILES string of the molecule is Cc1c(Cl)cccc1NC(=O)/C(C#N)=C/c1c(F)cccc1F. The van der Waals surface area contributed by atoms with Crippen LogP contribution in [0.2, 0.25) is 5.02 Å². The van der Waals surface area contributed by atoms with Crippen molar-refractivity contribution in [2.24, 2.45) is 0 Å². The van der Waals surface area contributed by atoms with Crippen molar-refractivity contribution in [3.8, 4) is 6.07 Å². The molecule has 0 spiro atoms. The van der Waals surface area contributed by atoms with Gasteiger partial charge in [0.05, 0.1) is 0 Å². The molecule has 3 nitrogen and oxygen atoms in total. The molecule has 2 aromatic carbocycles. The number of amides is 1. The summed E-state index contributed by atoms with van der Waals surface area (Å²) in [5.41, 5.74) is 0.171. The predicted molar refractivity (Wildman–Crippen MR) is 84.8 cm³/mol. The Balaban J connectivity index is 2.35. The third kappa shape index (κ3) is 3.74. The van der Waals surface area contributed by atoms with E-state index in [1.54, 1.807) is 31.2 Å². The molecular weight excluding hydrogens is 322 g/mol. The average Bonchev–Trinajstić information content (AvgIpc) is 2.51. The number of nitrogens with zero attached hydrogens (tertiary/aromatic N) is 1. The molecule has 0 unspecified atom stereocenters. The van der Waals surface area contributed by atoms with Gasteiger partial charge in [-0.05, 0) is 42.8 Å². The highest BCUT2D eigenvalue weighted by atomic mass is 35.5. The number of nitriles is 1. The molecule has 0 aliphatic heterocycles. The van der Waals surface area contributed by atoms with E-state index in [2.05, 4.69) is 5.32 Å². The van der Waals surface area contributed by atoms with Crippen molar-refractivity contribution in [2.45, 2.75) is 6.92 Å². The zero-order valence-electron chi connectivity index (χ0n) is 12.0. The minimum absolute atomic E-state index is 0.414. The van der Waals surface area contributed by atoms with Crippen LogP contribution in [0.4, 0.5) is 14.5 Å². The van der Waals surface area contributed by atoms with E-state index in [-0.39, 0.29) is 0 Å². The molecule has 0 saturated carbocycles. The summed E-state index contributed by atoms with van der Waals surface area (Å²) in [7, 11) is 0. The van der Waals surface area contributed by atoms with Gasteiger partial charge in [0.1, 0.15) is 23.3 Å². The first-order valence-electron chi connectivity index (χ1n) is 6.56. The third-order valence-electron chi connectivity index (χ3n) is 3.17. The Hall–Kier alpha value is -2.71. The number of carbonyl (C=O) groups is 1. The molecule has 0 aliphatic carbocycles. The van der Waals surface area contributed by atoms with Crippen molar-refractivity contribution in [3.05, 3.63) is 69.8 Å². The molecular formula is C17H11ClF2N2O. The molecule has 0 heterocycles. The lowest BCUT2D eigenvalue weighted by Gasteiger charge is -2.09. The maximum Gasteiger partial charge on any atom is 0.266 e. The highest BCUT2D eigenvalue weighted by molar-refractivity contribution is 6.31. The minimum atomic E-state index is -0.857. The van der Waals surface area contributed by atoms with E-state index in [0.29, 0.717) is 16.3 Å². The van der Waals surface area contributed by atoms with Crippen LogP contribution in [0.1, 0.15) is 11.1 Å². The Kier molecular flexibility index (Phi) is 5.09. The minimum Gasteiger partial charge on any atom is -0.321 e. The summed E-state index contributed by atoms with van der Waals surface area (Å²) in [5.74, 6) is -2.49. The van der Waals surface area contributed by atoms with Crippen molar-refractivity contribution < 1.29 is 13.6 Å². The maximum absolute atomic E-state index is 13.6. The number of halogens is 3. The van der Waals surface area contributed by atoms with Crippen LogP contribution in [-0.2, 0) is 4.79 Å². The van der Waals surface area contributed by atoms with Crippen LogP contribution in [0.15, 0.2) is 42.0 Å². The summed E-state index contributed by atoms with van der Waals surface area (Å²) in [5, 5.41) is 12.0. The van der Waals surface area contributed by atoms with Gasteiger partial charge in [0.25, 0.3) is 5.91 Å². The molecule has 116 valence electrons. The van der Waals surface area contributed by atoms with Crippen molar-refractivity contribution in [3.63, 3.8) is 0 Å². The van der Waals surface area contributed by atoms with Crippen LogP contribution in [0.3, 0.4) is 0 Å². The fraction of sp³-hybridized carbons (Fsp3) is 0.0588. The lowest BCUT2D eigenvalue weighted by molar-refractivity contribution is -0.112. The molecule has 0 radical (unpaired) electrons. The summed E-state index contributed by atoms with van der Waals surface area (Å²) in [6, 6.07) is 9.83. The van der Waals surface area contributed by atoms with Gasteiger partial charge in [0.2, 0.25) is 0 Å². The highest BCUT2D eigenvalue weighted by Gasteiger charge is 2.14. The molecule has 0 saturated heterocycles. The van der Waals surface area contributed by atoms with Crippen LogP contribution < -0.4 is 5.32 Å². The molecule has 1 amide bonds. The molecule has 6 heteroatoms. The second-order valence-electron chi connectivity index (χ2n) is 4.67. The first-order valence-corrected chi connectivity index (χ1v) is 6.94. The quantitative estimate of drug-likeness (QED) is 0.666. The van der Waals surface area contributed by atoms with E-state index in [1.165, 1.54) is 6.07 Å². The standard InChI is InChI=1S/C17H11ClF2N2O/c1-10-13(18)4-2-7-16(10)22-17(23)11(9-21)8-12-14(19)5-3-6-15(12)20/h2-8H,1H3,(H,22,23)/b11-8+. The number of carbonyl (C=O) groups excluding carboxylic acids is 1. The van der Waals surface area contributed by atoms with E-state index >= 15 is 0 Å². The van der Waals surface area contributed by atoms with Crippen molar-refractivity contribution in [1.29, 1.82) is 5.26 Å². The fourth-order valence-corrected chi connectivity index (χ4v) is 2.05. The van der Waals surface area contributed by atoms with Crippen LogP contribution in [0.5, 0.6) is 0 Å². The summed E-state index contributed by atoms with van der Waals surface area (Å²) in [6.45, 7) is 1.70. The number of hydrogen-bond donors (Lipinski definition) is 1. The van der Waals surface area contributed by atoms with Gasteiger partial charge in [-0.15, -0.1) is 0 Å². The van der Waals surface area contributed by atoms with Gasteiger partial charge in [-0.2, -0.15) is 5.26 Å². The van der Waals surface area contributed by atoms with Crippen molar-refractivity contribution >= 4 is 29.3 Å². The van der Waals surface area contributed by atoms with Crippen molar-refractivity contribution in [1.82, 2.24) is 0 Å². The second kappa shape index (κ2) is 7.03. The van der Waals surface area contributed by atoms with Gasteiger partial charge < -0.3 is 5.32 Å². The summed E-state index contributed by atoms with van der Waals surface area (Å²) in [6.07, 6.45) is 0.875. The average molecular weight is 333 g/mol. The van der Waals surface area contributed by atoms with Gasteiger partial charge in [-0.25, -0.2) is 8.78 Å². The van der Waals surface area contributed by atoms with Gasteiger partial charge in [0, 0.05) is 16.3 Å². The van der Waals surface area contributed by atoms with Gasteiger partial charge >= 0.3 is 0 Å². The summed E-state index contributed by atoms with van der Waals surface area (Å²) < 4.78 is 27.2. The molecule has 23 heavy (non-hydrogen) atoms. The molecule has 0 atom stereocenters. The smallest absolute Gasteiger partial charge is 0.266 e. The maximum atomic E-state index is 13.6. The molecule has 0 aliphatic rings. The number of anilines is 1. The molecule has 0 bridgehead atoms. The van der Waals surface area contributed by atoms with Crippen LogP contribution in [-0.4, -0.2) is 5.91 Å². The number of benzene rings is 2. The predicted octanol–water partition coefficient (Wildman–Crippen LogP) is 4.47. The van der Waals surface area contributed by atoms with Gasteiger partial charge in [0.15, 0.2) is 0 Å². The topological polar surface area (TPSA) is 52.9 Å². The van der Waals surface area contributed by atoms with Gasteiger partial charge in [-0.3, -0.25) is 4.79 Å². The largest absolute Gasteiger partial charge is 0.321 e. The van der Waals surface area contributed by atoms with Gasteiger partial charge in [-0.1, -0.05) is 23.7 Å². The number of rotatable bonds is 3. The van der Waals surface area contributed by atoms with Crippen LogP contribution >= 0.6 is 11.6 Å². The lowest BCUT2D eigenvalue weighted by atomic mass is 10.1. The zero-order chi connectivity index (χ0) is 17.0. The Bertz CT molecular complexity index is 821. The molecule has 2 aromatic rings. The Morgan fingerprint density at radius 3 is 2.43 bits per heavy atom. The Labute approximate surface area is 136 Å². The van der Waals surface area contributed by atoms with Crippen molar-refractivity contribution in [2.75, 3.05) is 5.32 Å². The Morgan fingerprint density at radius 2 is 1.83 bits per heavy atom. The molecule has 0 aromatic heterocycles. The third-order valence-corrected chi connectivity index (χ3v) is 3.58. The number of hydrogen-bond acceptors (Lipinski definition) is 2. The molecule has 2 rings (SSSR count). The van der Waals surface area contributed by atoms with Crippen LogP contribution in [0, 0.1) is 29.9 Å². The van der Waals surface area contributed by atoms with E-state index < -0.39 is 28.7 Å². The monoisotopic (exact) mass is 332 g/mol. The molecule has 0 fully saturated rings. The highest BCUT2D eigenvalue weighted by Crippen LogP contribution is 2.24. The first-order chi connectivity index (χ1) is 10.9. The van der Waals surface area contributed by atoms with E-state index in [1.807, 2.05) is 0 Å². The Morgan fingerprint density at radius 1 is 1.22 bits per heavy atom. The second-order valence-corrected chi connectivity index (χ2v) is 5.08. The first kappa shape index (κ1) is 16.7. The summed E-state index contributed by atoms with van der Waals surface area (Å²) >= 11 is 5.95. The van der Waals surface area contributed by atoms with E-state index in [9.17, 15) is 13.6 Å². The van der Waals surface area contributed by atoms with E-state index in [4.69, 9.17) is 16.9 Å². The normalized spacial score (nSPS) is 11.0. The lowest BCUT2D eigenvalue weighted by Crippen LogP contribution is -2.14. The fourth-order valence-electron chi connectivity index (χ4n) is 1.87. The zero-order valence-corrected chi connectivity index (χ0v) is 12.8. The van der Waals surface area contributed by atoms with E-state index in [0.717, 1.165) is 18.2 Å². The number of nitrogens with one attached hydrogen (secondary N) is 1. The molecule has 1 N–H and O–H groups in total.